The molecule has 0 radical (unpaired) electrons. The van der Waals surface area contributed by atoms with Gasteiger partial charge >= 0.3 is 0 Å². The lowest BCUT2D eigenvalue weighted by Crippen LogP contribution is -2.56. The molecule has 0 aliphatic heterocycles. The molecular weight excluding hydrogens is 622 g/mol. The Hall–Kier alpha value is -4.34. The van der Waals surface area contributed by atoms with E-state index in [0.29, 0.717) is 17.4 Å². The first kappa shape index (κ1) is 34.5. The van der Waals surface area contributed by atoms with E-state index in [0.717, 1.165) is 15.4 Å². The Labute approximate surface area is 277 Å². The highest BCUT2D eigenvalue weighted by Gasteiger charge is 2.35. The molecule has 1 N–H and O–H groups in total. The van der Waals surface area contributed by atoms with E-state index in [1.807, 2.05) is 58.0 Å². The van der Waals surface area contributed by atoms with Crippen LogP contribution in [0.15, 0.2) is 114 Å². The van der Waals surface area contributed by atoms with Crippen LogP contribution in [0.25, 0.3) is 0 Å². The molecule has 0 saturated heterocycles. The number of carbonyl (C=O) groups excluding carboxylic acids is 2. The van der Waals surface area contributed by atoms with E-state index in [9.17, 15) is 18.0 Å². The van der Waals surface area contributed by atoms with Gasteiger partial charge in [0.2, 0.25) is 11.8 Å². The Morgan fingerprint density at radius 3 is 1.98 bits per heavy atom. The number of carbonyl (C=O) groups is 2. The van der Waals surface area contributed by atoms with Crippen molar-refractivity contribution in [3.8, 4) is 5.75 Å². The number of nitrogens with zero attached hydrogens (tertiary/aromatic N) is 2. The number of halogens is 1. The molecule has 4 rings (SSSR count). The van der Waals surface area contributed by atoms with E-state index in [1.165, 1.54) is 17.0 Å². The highest BCUT2D eigenvalue weighted by atomic mass is 35.5. The average molecular weight is 662 g/mol. The van der Waals surface area contributed by atoms with Crippen molar-refractivity contribution in [1.29, 1.82) is 0 Å². The molecule has 1 atom stereocenters. The van der Waals surface area contributed by atoms with Gasteiger partial charge in [0.15, 0.2) is 0 Å². The minimum Gasteiger partial charge on any atom is -0.494 e. The average Bonchev–Trinajstić information content (AvgIpc) is 3.03. The van der Waals surface area contributed by atoms with Gasteiger partial charge in [-0.05, 0) is 87.4 Å². The fraction of sp³-hybridized carbons (Fsp3) is 0.278. The van der Waals surface area contributed by atoms with E-state index in [-0.39, 0.29) is 29.5 Å². The number of anilines is 1. The zero-order chi connectivity index (χ0) is 33.3. The molecule has 0 saturated carbocycles. The normalized spacial score (nSPS) is 12.2. The zero-order valence-corrected chi connectivity index (χ0v) is 28.1. The molecule has 4 aromatic rings. The number of rotatable bonds is 13. The van der Waals surface area contributed by atoms with Crippen LogP contribution in [0.5, 0.6) is 5.75 Å². The number of hydrogen-bond acceptors (Lipinski definition) is 5. The Morgan fingerprint density at radius 2 is 1.41 bits per heavy atom. The van der Waals surface area contributed by atoms with Gasteiger partial charge in [-0.2, -0.15) is 0 Å². The summed E-state index contributed by atoms with van der Waals surface area (Å²) in [6.45, 7) is 7.42. The molecule has 0 bridgehead atoms. The second kappa shape index (κ2) is 15.3. The first-order valence-electron chi connectivity index (χ1n) is 15.1. The van der Waals surface area contributed by atoms with E-state index in [4.69, 9.17) is 16.3 Å². The minimum absolute atomic E-state index is 0.0345. The summed E-state index contributed by atoms with van der Waals surface area (Å²) in [5, 5.41) is 3.56. The van der Waals surface area contributed by atoms with Crippen molar-refractivity contribution >= 4 is 39.1 Å². The number of benzene rings is 4. The predicted octanol–water partition coefficient (Wildman–Crippen LogP) is 6.49. The molecule has 8 nitrogen and oxygen atoms in total. The van der Waals surface area contributed by atoms with Gasteiger partial charge in [-0.3, -0.25) is 13.9 Å². The maximum Gasteiger partial charge on any atom is 0.264 e. The number of nitrogens with one attached hydrogen (secondary N) is 1. The van der Waals surface area contributed by atoms with Gasteiger partial charge in [-0.15, -0.1) is 0 Å². The Balaban J connectivity index is 1.80. The molecule has 0 aromatic heterocycles. The Kier molecular flexibility index (Phi) is 11.5. The van der Waals surface area contributed by atoms with Crippen LogP contribution in [0.2, 0.25) is 5.02 Å². The smallest absolute Gasteiger partial charge is 0.264 e. The number of ether oxygens (including phenoxy) is 1. The fourth-order valence-corrected chi connectivity index (χ4v) is 6.48. The second-order valence-electron chi connectivity index (χ2n) is 11.8. The molecule has 2 amide bonds. The third-order valence-corrected chi connectivity index (χ3v) is 9.12. The van der Waals surface area contributed by atoms with Crippen LogP contribution < -0.4 is 14.4 Å². The third kappa shape index (κ3) is 9.34. The van der Waals surface area contributed by atoms with Crippen LogP contribution in [0.1, 0.15) is 38.8 Å². The maximum atomic E-state index is 14.5. The van der Waals surface area contributed by atoms with Crippen LogP contribution in [0, 0.1) is 0 Å². The number of hydrogen-bond donors (Lipinski definition) is 1. The van der Waals surface area contributed by atoms with Crippen molar-refractivity contribution in [3.05, 3.63) is 125 Å². The summed E-state index contributed by atoms with van der Waals surface area (Å²) in [5.74, 6) is -0.327. The summed E-state index contributed by atoms with van der Waals surface area (Å²) in [7, 11) is -4.19. The van der Waals surface area contributed by atoms with Gasteiger partial charge in [-0.1, -0.05) is 72.3 Å². The molecule has 10 heteroatoms. The van der Waals surface area contributed by atoms with Crippen LogP contribution in [-0.4, -0.2) is 49.9 Å². The van der Waals surface area contributed by atoms with E-state index >= 15 is 0 Å². The van der Waals surface area contributed by atoms with Crippen LogP contribution in [0.4, 0.5) is 5.69 Å². The lowest BCUT2D eigenvalue weighted by Gasteiger charge is -2.35. The molecule has 46 heavy (non-hydrogen) atoms. The van der Waals surface area contributed by atoms with Gasteiger partial charge in [0, 0.05) is 23.5 Å². The molecule has 1 unspecified atom stereocenters. The molecule has 4 aromatic carbocycles. The third-order valence-electron chi connectivity index (χ3n) is 7.08. The van der Waals surface area contributed by atoms with Crippen molar-refractivity contribution < 1.29 is 22.7 Å². The first-order valence-corrected chi connectivity index (χ1v) is 16.9. The van der Waals surface area contributed by atoms with Gasteiger partial charge in [-0.25, -0.2) is 8.42 Å². The monoisotopic (exact) mass is 661 g/mol. The first-order chi connectivity index (χ1) is 21.9. The summed E-state index contributed by atoms with van der Waals surface area (Å²) >= 11 is 6.15. The summed E-state index contributed by atoms with van der Waals surface area (Å²) < 4.78 is 34.9. The van der Waals surface area contributed by atoms with Crippen molar-refractivity contribution in [3.63, 3.8) is 0 Å². The fourth-order valence-electron chi connectivity index (χ4n) is 4.92. The highest BCUT2D eigenvalue weighted by Crippen LogP contribution is 2.27. The molecular formula is C36H40ClN3O5S. The lowest BCUT2D eigenvalue weighted by atomic mass is 10.0. The molecule has 0 heterocycles. The molecule has 0 fully saturated rings. The van der Waals surface area contributed by atoms with Gasteiger partial charge in [0.05, 0.1) is 17.2 Å². The van der Waals surface area contributed by atoms with Crippen LogP contribution >= 0.6 is 11.6 Å². The maximum absolute atomic E-state index is 14.5. The van der Waals surface area contributed by atoms with Crippen molar-refractivity contribution in [1.82, 2.24) is 10.2 Å². The van der Waals surface area contributed by atoms with Crippen molar-refractivity contribution in [2.24, 2.45) is 0 Å². The van der Waals surface area contributed by atoms with Crippen molar-refractivity contribution in [2.75, 3.05) is 17.5 Å². The minimum atomic E-state index is -4.19. The molecule has 0 spiro atoms. The summed E-state index contributed by atoms with van der Waals surface area (Å²) in [6, 6.07) is 30.0. The molecule has 0 aliphatic carbocycles. The van der Waals surface area contributed by atoms with Gasteiger partial charge in [0.1, 0.15) is 18.3 Å². The number of sulfonamides is 1. The predicted molar refractivity (Wildman–Crippen MR) is 182 cm³/mol. The quantitative estimate of drug-likeness (QED) is 0.177. The van der Waals surface area contributed by atoms with Crippen LogP contribution in [-0.2, 0) is 32.6 Å². The van der Waals surface area contributed by atoms with Gasteiger partial charge in [0.25, 0.3) is 10.0 Å². The van der Waals surface area contributed by atoms with Gasteiger partial charge < -0.3 is 15.0 Å². The standard InChI is InChI=1S/C36H40ClN3O5S/c1-5-45-31-22-20-30(21-23-31)40(46(43,44)32-14-10-7-11-15-32)26-34(41)39(25-28-16-18-29(37)19-17-28)33(35(42)38-36(2,3)4)24-27-12-8-6-9-13-27/h6-23,33H,5,24-26H2,1-4H3,(H,38,42). The number of amides is 2. The summed E-state index contributed by atoms with van der Waals surface area (Å²) in [5.41, 5.74) is 1.29. The molecule has 0 aliphatic rings. The lowest BCUT2D eigenvalue weighted by molar-refractivity contribution is -0.140. The second-order valence-corrected chi connectivity index (χ2v) is 14.1. The topological polar surface area (TPSA) is 96.0 Å². The molecule has 242 valence electrons. The Bertz CT molecular complexity index is 1690. The Morgan fingerprint density at radius 1 is 0.826 bits per heavy atom. The van der Waals surface area contributed by atoms with Crippen molar-refractivity contribution in [2.45, 2.75) is 57.1 Å². The summed E-state index contributed by atoms with van der Waals surface area (Å²) in [6.07, 6.45) is 0.219. The largest absolute Gasteiger partial charge is 0.494 e. The summed E-state index contributed by atoms with van der Waals surface area (Å²) in [4.78, 5) is 30.0. The van der Waals surface area contributed by atoms with E-state index in [1.54, 1.807) is 66.7 Å². The van der Waals surface area contributed by atoms with Crippen LogP contribution in [0.3, 0.4) is 0 Å². The SMILES string of the molecule is CCOc1ccc(N(CC(=O)N(Cc2ccc(Cl)cc2)C(Cc2ccccc2)C(=O)NC(C)(C)C)S(=O)(=O)c2ccccc2)cc1. The van der Waals surface area contributed by atoms with E-state index in [2.05, 4.69) is 5.32 Å². The van der Waals surface area contributed by atoms with E-state index < -0.39 is 34.1 Å². The highest BCUT2D eigenvalue weighted by molar-refractivity contribution is 7.92. The zero-order valence-electron chi connectivity index (χ0n) is 26.5.